The van der Waals surface area contributed by atoms with Gasteiger partial charge in [0.25, 0.3) is 17.4 Å². The Hall–Kier alpha value is -3.16. The molecule has 3 heterocycles. The number of carbonyl (C=O) groups excluding carboxylic acids is 2. The van der Waals surface area contributed by atoms with Crippen molar-refractivity contribution in [2.75, 3.05) is 6.61 Å². The van der Waals surface area contributed by atoms with Crippen molar-refractivity contribution in [2.24, 2.45) is 0 Å². The van der Waals surface area contributed by atoms with Gasteiger partial charge in [-0.15, -0.1) is 5.06 Å². The fourth-order valence-electron chi connectivity index (χ4n) is 3.15. The third kappa shape index (κ3) is 3.18. The van der Waals surface area contributed by atoms with Gasteiger partial charge in [0.05, 0.1) is 17.7 Å². The van der Waals surface area contributed by atoms with Crippen molar-refractivity contribution in [1.29, 1.82) is 0 Å². The quantitative estimate of drug-likeness (QED) is 0.300. The monoisotopic (exact) mass is 405 g/mol. The number of aliphatic hydroxyl groups is 2. The van der Waals surface area contributed by atoms with Gasteiger partial charge in [0.1, 0.15) is 12.2 Å². The zero-order chi connectivity index (χ0) is 20.7. The minimum Gasteiger partial charge on any atom is -0.394 e. The number of H-pyrrole nitrogens is 1. The van der Waals surface area contributed by atoms with E-state index in [0.29, 0.717) is 5.06 Å². The highest BCUT2D eigenvalue weighted by molar-refractivity contribution is 6.20. The number of imide groups is 1. The fourth-order valence-corrected chi connectivity index (χ4v) is 3.15. The smallest absolute Gasteiger partial charge is 0.330 e. The van der Waals surface area contributed by atoms with Crippen molar-refractivity contribution in [3.63, 3.8) is 0 Å². The second-order valence-corrected chi connectivity index (χ2v) is 6.34. The number of aromatic amines is 1. The van der Waals surface area contributed by atoms with E-state index in [4.69, 9.17) is 14.6 Å². The van der Waals surface area contributed by atoms with Gasteiger partial charge >= 0.3 is 5.69 Å². The Balaban J connectivity index is 1.57. The zero-order valence-corrected chi connectivity index (χ0v) is 14.6. The third-order valence-electron chi connectivity index (χ3n) is 4.60. The van der Waals surface area contributed by atoms with Crippen LogP contribution in [0.1, 0.15) is 26.9 Å². The maximum atomic E-state index is 12.3. The van der Waals surface area contributed by atoms with E-state index in [1.54, 1.807) is 12.1 Å². The largest absolute Gasteiger partial charge is 0.394 e. The summed E-state index contributed by atoms with van der Waals surface area (Å²) in [5, 5.41) is 20.1. The number of benzene rings is 1. The normalized spacial score (nSPS) is 26.2. The maximum Gasteiger partial charge on any atom is 0.330 e. The minimum atomic E-state index is -1.47. The Bertz CT molecular complexity index is 1040. The van der Waals surface area contributed by atoms with Crippen molar-refractivity contribution in [1.82, 2.24) is 14.6 Å². The molecule has 2 unspecified atom stereocenters. The van der Waals surface area contributed by atoms with Gasteiger partial charge in [0.2, 0.25) is 0 Å². The summed E-state index contributed by atoms with van der Waals surface area (Å²) in [6, 6.07) is 7.08. The van der Waals surface area contributed by atoms with E-state index in [1.165, 1.54) is 12.1 Å². The molecule has 0 aliphatic carbocycles. The first-order valence-electron chi connectivity index (χ1n) is 8.49. The van der Waals surface area contributed by atoms with E-state index < -0.39 is 54.2 Å². The van der Waals surface area contributed by atoms with Crippen LogP contribution in [0.15, 0.2) is 46.1 Å². The Morgan fingerprint density at radius 3 is 2.31 bits per heavy atom. The predicted molar refractivity (Wildman–Crippen MR) is 91.2 cm³/mol. The summed E-state index contributed by atoms with van der Waals surface area (Å²) >= 11 is 0. The molecule has 2 aromatic rings. The lowest BCUT2D eigenvalue weighted by atomic mass is 10.1. The van der Waals surface area contributed by atoms with Gasteiger partial charge in [-0.2, -0.15) is 0 Å². The number of hydroxylamine groups is 2. The summed E-state index contributed by atoms with van der Waals surface area (Å²) in [5.74, 6) is -1.54. The SMILES string of the molecule is O=C1c2ccccc2C(=O)N1OOC1C(O)[C@@H](CO)O[C@H]1n1ccc(=O)[nH]c1=O. The molecule has 2 aliphatic rings. The molecule has 1 fully saturated rings. The number of amides is 2. The van der Waals surface area contributed by atoms with Crippen LogP contribution in [0, 0.1) is 0 Å². The molecule has 0 radical (unpaired) electrons. The molecular weight excluding hydrogens is 390 g/mol. The van der Waals surface area contributed by atoms with Crippen LogP contribution in [0.5, 0.6) is 0 Å². The van der Waals surface area contributed by atoms with Gasteiger partial charge in [0, 0.05) is 12.3 Å². The van der Waals surface area contributed by atoms with Gasteiger partial charge in [-0.05, 0) is 12.1 Å². The van der Waals surface area contributed by atoms with Crippen LogP contribution in [-0.4, -0.2) is 61.6 Å². The number of nitrogens with one attached hydrogen (secondary N) is 1. The van der Waals surface area contributed by atoms with Crippen LogP contribution in [0.25, 0.3) is 0 Å². The molecule has 1 aromatic carbocycles. The third-order valence-corrected chi connectivity index (χ3v) is 4.60. The van der Waals surface area contributed by atoms with Crippen LogP contribution in [0.2, 0.25) is 0 Å². The molecule has 4 atom stereocenters. The molecule has 1 saturated heterocycles. The first-order valence-corrected chi connectivity index (χ1v) is 8.49. The number of rotatable bonds is 5. The van der Waals surface area contributed by atoms with E-state index in [2.05, 4.69) is 0 Å². The Kier molecular flexibility index (Phi) is 4.86. The Morgan fingerprint density at radius 2 is 1.72 bits per heavy atom. The summed E-state index contributed by atoms with van der Waals surface area (Å²) in [6.45, 7) is -0.608. The molecule has 0 spiro atoms. The second-order valence-electron chi connectivity index (χ2n) is 6.34. The number of hydrogen-bond donors (Lipinski definition) is 3. The molecule has 3 N–H and O–H groups in total. The van der Waals surface area contributed by atoms with Gasteiger partial charge in [-0.25, -0.2) is 9.68 Å². The van der Waals surface area contributed by atoms with Crippen LogP contribution in [0.3, 0.4) is 0 Å². The van der Waals surface area contributed by atoms with Gasteiger partial charge in [-0.1, -0.05) is 17.1 Å². The summed E-state index contributed by atoms with van der Waals surface area (Å²) in [5.41, 5.74) is -1.28. The van der Waals surface area contributed by atoms with E-state index in [1.807, 2.05) is 4.98 Å². The molecule has 12 nitrogen and oxygen atoms in total. The van der Waals surface area contributed by atoms with Gasteiger partial charge in [0.15, 0.2) is 12.3 Å². The average molecular weight is 405 g/mol. The van der Waals surface area contributed by atoms with E-state index in [9.17, 15) is 29.4 Å². The standard InChI is InChI=1S/C17H15N3O9/c21-7-10-12(23)13(16(27-10)19-6-5-11(22)18-17(19)26)28-29-20-14(24)8-3-1-2-4-9(8)15(20)25/h1-6,10,12-13,16,21,23H,7H2,(H,18,22,26)/t10-,12?,13?,16-/m1/s1. The van der Waals surface area contributed by atoms with Gasteiger partial charge in [-0.3, -0.25) is 23.9 Å². The van der Waals surface area contributed by atoms with Crippen molar-refractivity contribution < 1.29 is 34.4 Å². The summed E-state index contributed by atoms with van der Waals surface area (Å²) in [6.07, 6.45) is -4.24. The molecule has 0 saturated carbocycles. The van der Waals surface area contributed by atoms with Crippen LogP contribution >= 0.6 is 0 Å². The van der Waals surface area contributed by atoms with Crippen molar-refractivity contribution in [2.45, 2.75) is 24.5 Å². The lowest BCUT2D eigenvalue weighted by Crippen LogP contribution is -2.41. The first-order chi connectivity index (χ1) is 13.9. The fraction of sp³-hybridized carbons (Fsp3) is 0.294. The lowest BCUT2D eigenvalue weighted by Gasteiger charge is -2.22. The van der Waals surface area contributed by atoms with Crippen LogP contribution in [-0.2, 0) is 14.6 Å². The number of ether oxygens (including phenoxy) is 1. The summed E-state index contributed by atoms with van der Waals surface area (Å²) in [4.78, 5) is 60.0. The predicted octanol–water partition coefficient (Wildman–Crippen LogP) is -1.68. The van der Waals surface area contributed by atoms with Crippen LogP contribution in [0.4, 0.5) is 0 Å². The maximum absolute atomic E-state index is 12.3. The van der Waals surface area contributed by atoms with Crippen molar-refractivity contribution in [3.8, 4) is 0 Å². The number of nitrogens with zero attached hydrogens (tertiary/aromatic N) is 2. The van der Waals surface area contributed by atoms with Crippen molar-refractivity contribution in [3.05, 3.63) is 68.5 Å². The van der Waals surface area contributed by atoms with Crippen molar-refractivity contribution >= 4 is 11.8 Å². The summed E-state index contributed by atoms with van der Waals surface area (Å²) in [7, 11) is 0. The molecule has 29 heavy (non-hydrogen) atoms. The van der Waals surface area contributed by atoms with E-state index in [0.717, 1.165) is 16.8 Å². The van der Waals surface area contributed by atoms with Gasteiger partial charge < -0.3 is 14.9 Å². The first kappa shape index (κ1) is 19.2. The minimum absolute atomic E-state index is 0.117. The number of hydrogen-bond acceptors (Lipinski definition) is 9. The molecule has 2 aliphatic heterocycles. The van der Waals surface area contributed by atoms with Crippen LogP contribution < -0.4 is 11.2 Å². The topological polar surface area (TPSA) is 160 Å². The molecular formula is C17H15N3O9. The summed E-state index contributed by atoms with van der Waals surface area (Å²) < 4.78 is 6.33. The number of carbonyl (C=O) groups is 2. The Labute approximate surface area is 161 Å². The number of aliphatic hydroxyl groups excluding tert-OH is 2. The molecule has 0 bridgehead atoms. The molecule has 152 valence electrons. The highest BCUT2D eigenvalue weighted by Gasteiger charge is 2.48. The van der Waals surface area contributed by atoms with E-state index >= 15 is 0 Å². The highest BCUT2D eigenvalue weighted by atomic mass is 17.3. The molecule has 4 rings (SSSR count). The Morgan fingerprint density at radius 1 is 1.07 bits per heavy atom. The molecule has 1 aromatic heterocycles. The number of fused-ring (bicyclic) bond motifs is 1. The molecule has 12 heteroatoms. The highest BCUT2D eigenvalue weighted by Crippen LogP contribution is 2.32. The lowest BCUT2D eigenvalue weighted by molar-refractivity contribution is -0.420. The second kappa shape index (κ2) is 7.35. The average Bonchev–Trinajstić information content (AvgIpc) is 3.15. The number of aromatic nitrogens is 2. The molecule has 2 amide bonds. The van der Waals surface area contributed by atoms with E-state index in [-0.39, 0.29) is 11.1 Å². The zero-order valence-electron chi connectivity index (χ0n) is 14.6.